The predicted octanol–water partition coefficient (Wildman–Crippen LogP) is -0.841. The van der Waals surface area contributed by atoms with Crippen LogP contribution in [0.5, 0.6) is 0 Å². The monoisotopic (exact) mass is 404 g/mol. The first-order valence-electron chi connectivity index (χ1n) is 7.99. The van der Waals surface area contributed by atoms with Crippen molar-refractivity contribution in [2.75, 3.05) is 0 Å². The van der Waals surface area contributed by atoms with Crippen LogP contribution in [0.2, 0.25) is 0 Å². The molecule has 0 aromatic carbocycles. The van der Waals surface area contributed by atoms with Crippen LogP contribution in [0.15, 0.2) is 0 Å². The molecule has 1 fully saturated rings. The lowest BCUT2D eigenvalue weighted by atomic mass is 9.97. The summed E-state index contributed by atoms with van der Waals surface area (Å²) in [6.45, 7) is 4.98. The van der Waals surface area contributed by atoms with Crippen LogP contribution in [0.4, 0.5) is 0 Å². The second kappa shape index (κ2) is 9.78. The zero-order valence-electron chi connectivity index (χ0n) is 15.8. The average Bonchev–Trinajstić information content (AvgIpc) is 2.50. The highest BCUT2D eigenvalue weighted by molar-refractivity contribution is 5.87. The highest BCUT2D eigenvalue weighted by Gasteiger charge is 2.56. The second-order valence-electron chi connectivity index (χ2n) is 5.67. The Bertz CT molecular complexity index is 669. The van der Waals surface area contributed by atoms with E-state index in [1.165, 1.54) is 0 Å². The number of ether oxygens (including phenoxy) is 6. The number of hydrogen-bond acceptors (Lipinski definition) is 12. The van der Waals surface area contributed by atoms with E-state index in [4.69, 9.17) is 23.7 Å². The first-order chi connectivity index (χ1) is 12.9. The van der Waals surface area contributed by atoms with Crippen LogP contribution in [0, 0.1) is 0 Å². The van der Waals surface area contributed by atoms with E-state index in [0.717, 1.165) is 34.6 Å². The quantitative estimate of drug-likeness (QED) is 0.318. The van der Waals surface area contributed by atoms with Gasteiger partial charge in [-0.1, -0.05) is 0 Å². The molecule has 12 nitrogen and oxygen atoms in total. The SMILES string of the molecule is CC(=O)OC(=O)[C@H]1O[C@@H](OC(C)=O)[C@H](OC(C)=O)[C@@H](OC(C)=O)[C@@H]1OC(C)=O. The molecule has 28 heavy (non-hydrogen) atoms. The first kappa shape index (κ1) is 23.0. The molecule has 156 valence electrons. The van der Waals surface area contributed by atoms with Crippen molar-refractivity contribution in [1.29, 1.82) is 0 Å². The van der Waals surface area contributed by atoms with E-state index in [2.05, 4.69) is 4.74 Å². The van der Waals surface area contributed by atoms with Crippen molar-refractivity contribution in [3.05, 3.63) is 0 Å². The van der Waals surface area contributed by atoms with Crippen molar-refractivity contribution >= 4 is 35.8 Å². The standard InChI is InChI=1S/C16H20O12/c1-6(17)23-11-12(24-7(2)18)14(25-8(3)19)16(27-10(5)21)28-13(11)15(22)26-9(4)20/h11-14,16H,1-5H3/t11-,12-,13-,14+,16+/m0/s1. The number of hydrogen-bond donors (Lipinski definition) is 0. The third-order valence-corrected chi connectivity index (χ3v) is 3.16. The van der Waals surface area contributed by atoms with E-state index < -0.39 is 66.5 Å². The zero-order chi connectivity index (χ0) is 21.6. The molecule has 5 atom stereocenters. The van der Waals surface area contributed by atoms with Gasteiger partial charge in [-0.3, -0.25) is 24.0 Å². The van der Waals surface area contributed by atoms with E-state index in [0.29, 0.717) is 0 Å². The minimum Gasteiger partial charge on any atom is -0.455 e. The van der Waals surface area contributed by atoms with Crippen LogP contribution < -0.4 is 0 Å². The maximum absolute atomic E-state index is 12.2. The molecular weight excluding hydrogens is 384 g/mol. The maximum Gasteiger partial charge on any atom is 0.347 e. The van der Waals surface area contributed by atoms with Crippen molar-refractivity contribution in [3.8, 4) is 0 Å². The van der Waals surface area contributed by atoms with Crippen LogP contribution in [-0.2, 0) is 57.2 Å². The molecule has 0 N–H and O–H groups in total. The number of carbonyl (C=O) groups is 6. The molecule has 0 amide bonds. The summed E-state index contributed by atoms with van der Waals surface area (Å²) < 4.78 is 29.7. The molecular formula is C16H20O12. The van der Waals surface area contributed by atoms with Gasteiger partial charge in [-0.25, -0.2) is 4.79 Å². The van der Waals surface area contributed by atoms with Gasteiger partial charge in [0.15, 0.2) is 18.3 Å². The van der Waals surface area contributed by atoms with E-state index in [9.17, 15) is 28.8 Å². The number of rotatable bonds is 5. The van der Waals surface area contributed by atoms with Gasteiger partial charge in [0.05, 0.1) is 0 Å². The fourth-order valence-corrected chi connectivity index (χ4v) is 2.42. The molecule has 0 aromatic rings. The smallest absolute Gasteiger partial charge is 0.347 e. The van der Waals surface area contributed by atoms with Crippen molar-refractivity contribution in [2.45, 2.75) is 65.3 Å². The summed E-state index contributed by atoms with van der Waals surface area (Å²) in [5.41, 5.74) is 0. The van der Waals surface area contributed by atoms with Crippen molar-refractivity contribution in [2.24, 2.45) is 0 Å². The molecule has 1 heterocycles. The summed E-state index contributed by atoms with van der Waals surface area (Å²) in [4.78, 5) is 69.2. The number of esters is 6. The Morgan fingerprint density at radius 2 is 1.00 bits per heavy atom. The Labute approximate surface area is 159 Å². The van der Waals surface area contributed by atoms with Crippen LogP contribution in [-0.4, -0.2) is 66.5 Å². The van der Waals surface area contributed by atoms with Crippen molar-refractivity contribution < 1.29 is 57.2 Å². The summed E-state index contributed by atoms with van der Waals surface area (Å²) in [5.74, 6) is -5.83. The highest BCUT2D eigenvalue weighted by Crippen LogP contribution is 2.30. The van der Waals surface area contributed by atoms with Crippen LogP contribution in [0.1, 0.15) is 34.6 Å². The number of carbonyl (C=O) groups excluding carboxylic acids is 6. The fourth-order valence-electron chi connectivity index (χ4n) is 2.42. The molecule has 0 bridgehead atoms. The third kappa shape index (κ3) is 6.61. The van der Waals surface area contributed by atoms with E-state index in [-0.39, 0.29) is 0 Å². The lowest BCUT2D eigenvalue weighted by Crippen LogP contribution is -2.64. The summed E-state index contributed by atoms with van der Waals surface area (Å²) in [7, 11) is 0. The average molecular weight is 404 g/mol. The first-order valence-corrected chi connectivity index (χ1v) is 7.99. The molecule has 0 radical (unpaired) electrons. The summed E-state index contributed by atoms with van der Waals surface area (Å²) in [6, 6.07) is 0. The lowest BCUT2D eigenvalue weighted by Gasteiger charge is -2.42. The Kier molecular flexibility index (Phi) is 8.04. The van der Waals surface area contributed by atoms with Crippen LogP contribution in [0.25, 0.3) is 0 Å². The van der Waals surface area contributed by atoms with Gasteiger partial charge in [0.25, 0.3) is 0 Å². The third-order valence-electron chi connectivity index (χ3n) is 3.16. The topological polar surface area (TPSA) is 158 Å². The van der Waals surface area contributed by atoms with E-state index in [1.807, 2.05) is 0 Å². The molecule has 12 heteroatoms. The summed E-state index contributed by atoms with van der Waals surface area (Å²) in [6.07, 6.45) is -8.39. The van der Waals surface area contributed by atoms with Crippen LogP contribution in [0.3, 0.4) is 0 Å². The molecule has 0 unspecified atom stereocenters. The van der Waals surface area contributed by atoms with Crippen molar-refractivity contribution in [1.82, 2.24) is 0 Å². The fraction of sp³-hybridized carbons (Fsp3) is 0.625. The molecule has 1 rings (SSSR count). The van der Waals surface area contributed by atoms with Gasteiger partial charge in [-0.15, -0.1) is 0 Å². The highest BCUT2D eigenvalue weighted by atomic mass is 16.8. The van der Waals surface area contributed by atoms with Gasteiger partial charge < -0.3 is 28.4 Å². The molecule has 1 aliphatic heterocycles. The van der Waals surface area contributed by atoms with Gasteiger partial charge in [0.2, 0.25) is 12.4 Å². The molecule has 0 aromatic heterocycles. The lowest BCUT2D eigenvalue weighted by molar-refractivity contribution is -0.293. The Balaban J connectivity index is 3.42. The van der Waals surface area contributed by atoms with Gasteiger partial charge in [0.1, 0.15) is 0 Å². The van der Waals surface area contributed by atoms with E-state index in [1.54, 1.807) is 0 Å². The van der Waals surface area contributed by atoms with Gasteiger partial charge >= 0.3 is 35.8 Å². The largest absolute Gasteiger partial charge is 0.455 e. The van der Waals surface area contributed by atoms with Gasteiger partial charge in [-0.2, -0.15) is 0 Å². The molecule has 0 saturated carbocycles. The second-order valence-corrected chi connectivity index (χ2v) is 5.67. The van der Waals surface area contributed by atoms with Gasteiger partial charge in [0, 0.05) is 34.6 Å². The Hall–Kier alpha value is -3.02. The normalized spacial score (nSPS) is 26.4. The summed E-state index contributed by atoms with van der Waals surface area (Å²) in [5, 5.41) is 0. The zero-order valence-corrected chi connectivity index (χ0v) is 15.8. The maximum atomic E-state index is 12.2. The molecule has 1 saturated heterocycles. The van der Waals surface area contributed by atoms with Crippen LogP contribution >= 0.6 is 0 Å². The molecule has 0 spiro atoms. The predicted molar refractivity (Wildman–Crippen MR) is 83.9 cm³/mol. The Morgan fingerprint density at radius 1 is 0.571 bits per heavy atom. The minimum absolute atomic E-state index is 0.866. The molecule has 1 aliphatic rings. The minimum atomic E-state index is -1.83. The van der Waals surface area contributed by atoms with E-state index >= 15 is 0 Å². The van der Waals surface area contributed by atoms with Crippen molar-refractivity contribution in [3.63, 3.8) is 0 Å². The van der Waals surface area contributed by atoms with Gasteiger partial charge in [-0.05, 0) is 0 Å². The summed E-state index contributed by atoms with van der Waals surface area (Å²) >= 11 is 0. The Morgan fingerprint density at radius 3 is 1.43 bits per heavy atom. The molecule has 0 aliphatic carbocycles.